The monoisotopic (exact) mass is 440 g/mol. The van der Waals surface area contributed by atoms with E-state index in [4.69, 9.17) is 18.9 Å². The largest absolute Gasteiger partial charge is 0.497 e. The normalized spacial score (nSPS) is 24.1. The minimum atomic E-state index is -0.564. The smallest absolute Gasteiger partial charge is 0.412 e. The van der Waals surface area contributed by atoms with Crippen molar-refractivity contribution in [3.63, 3.8) is 0 Å². The highest BCUT2D eigenvalue weighted by atomic mass is 16.6. The van der Waals surface area contributed by atoms with Gasteiger partial charge in [0.2, 0.25) is 0 Å². The molecule has 2 aliphatic rings. The molecule has 8 heteroatoms. The summed E-state index contributed by atoms with van der Waals surface area (Å²) in [5.74, 6) is 0.873. The molecule has 2 fully saturated rings. The summed E-state index contributed by atoms with van der Waals surface area (Å²) in [5.41, 5.74) is 2.37. The van der Waals surface area contributed by atoms with Crippen LogP contribution in [0.3, 0.4) is 0 Å². The fourth-order valence-corrected chi connectivity index (χ4v) is 3.92. The summed E-state index contributed by atoms with van der Waals surface area (Å²) in [5, 5.41) is 5.68. The van der Waals surface area contributed by atoms with Crippen LogP contribution in [0.25, 0.3) is 0 Å². The third-order valence-electron chi connectivity index (χ3n) is 5.76. The predicted molar refractivity (Wildman–Crippen MR) is 118 cm³/mol. The van der Waals surface area contributed by atoms with Crippen molar-refractivity contribution in [1.82, 2.24) is 5.32 Å². The number of nitrogens with one attached hydrogen (secondary N) is 2. The number of carbonyl (C=O) groups is 2. The van der Waals surface area contributed by atoms with Crippen LogP contribution in [0.2, 0.25) is 0 Å². The molecule has 0 radical (unpaired) electrons. The van der Waals surface area contributed by atoms with Gasteiger partial charge in [-0.1, -0.05) is 26.0 Å². The molecule has 0 unspecified atom stereocenters. The van der Waals surface area contributed by atoms with Crippen molar-refractivity contribution in [2.24, 2.45) is 0 Å². The summed E-state index contributed by atoms with van der Waals surface area (Å²) >= 11 is 0. The number of carbonyl (C=O) groups excluding carboxylic acids is 2. The van der Waals surface area contributed by atoms with E-state index in [1.807, 2.05) is 24.3 Å². The average Bonchev–Trinajstić information content (AvgIpc) is 3.37. The highest BCUT2D eigenvalue weighted by Crippen LogP contribution is 2.29. The number of anilines is 1. The molecule has 4 rings (SSSR count). The molecule has 2 amide bonds. The van der Waals surface area contributed by atoms with E-state index in [0.29, 0.717) is 22.9 Å². The maximum absolute atomic E-state index is 12.6. The van der Waals surface area contributed by atoms with E-state index in [2.05, 4.69) is 24.5 Å². The lowest BCUT2D eigenvalue weighted by molar-refractivity contribution is 0.00862. The number of fused-ring (bicyclic) bond motifs is 1. The van der Waals surface area contributed by atoms with Crippen molar-refractivity contribution in [3.8, 4) is 5.75 Å². The van der Waals surface area contributed by atoms with Crippen LogP contribution >= 0.6 is 0 Å². The first-order valence-corrected chi connectivity index (χ1v) is 10.7. The van der Waals surface area contributed by atoms with Crippen molar-refractivity contribution in [1.29, 1.82) is 0 Å². The van der Waals surface area contributed by atoms with Crippen molar-refractivity contribution in [3.05, 3.63) is 59.7 Å². The molecule has 32 heavy (non-hydrogen) atoms. The van der Waals surface area contributed by atoms with Crippen molar-refractivity contribution in [2.45, 2.75) is 44.1 Å². The minimum Gasteiger partial charge on any atom is -0.497 e. The lowest BCUT2D eigenvalue weighted by Crippen LogP contribution is -2.44. The van der Waals surface area contributed by atoms with Gasteiger partial charge in [0.25, 0.3) is 5.91 Å². The summed E-state index contributed by atoms with van der Waals surface area (Å²) in [6, 6.07) is 14.2. The zero-order valence-corrected chi connectivity index (χ0v) is 18.4. The fraction of sp³-hybridized carbons (Fsp3) is 0.417. The van der Waals surface area contributed by atoms with Crippen LogP contribution in [0.4, 0.5) is 10.5 Å². The molecule has 2 saturated heterocycles. The second-order valence-corrected chi connectivity index (χ2v) is 8.25. The highest BCUT2D eigenvalue weighted by molar-refractivity contribution is 5.94. The molecular weight excluding hydrogens is 412 g/mol. The Balaban J connectivity index is 1.29. The lowest BCUT2D eigenvalue weighted by atomic mass is 10.0. The summed E-state index contributed by atoms with van der Waals surface area (Å²) in [6.07, 6.45) is -1.91. The van der Waals surface area contributed by atoms with Crippen molar-refractivity contribution < 1.29 is 28.5 Å². The van der Waals surface area contributed by atoms with Crippen molar-refractivity contribution in [2.75, 3.05) is 25.6 Å². The fourth-order valence-electron chi connectivity index (χ4n) is 3.92. The molecule has 2 heterocycles. The van der Waals surface area contributed by atoms with Gasteiger partial charge in [-0.25, -0.2) is 4.79 Å². The molecule has 0 aromatic heterocycles. The summed E-state index contributed by atoms with van der Waals surface area (Å²) < 4.78 is 22.3. The van der Waals surface area contributed by atoms with Gasteiger partial charge in [-0.05, 0) is 47.9 Å². The Hall–Kier alpha value is -3.10. The topological polar surface area (TPSA) is 95.1 Å². The molecule has 2 aromatic rings. The van der Waals surface area contributed by atoms with E-state index >= 15 is 0 Å². The number of ether oxygens (including phenoxy) is 4. The van der Waals surface area contributed by atoms with Crippen LogP contribution in [0.5, 0.6) is 5.75 Å². The molecule has 8 nitrogen and oxygen atoms in total. The third-order valence-corrected chi connectivity index (χ3v) is 5.76. The Morgan fingerprint density at radius 3 is 2.31 bits per heavy atom. The molecule has 2 aliphatic heterocycles. The average molecular weight is 440 g/mol. The molecule has 0 bridgehead atoms. The Kier molecular flexibility index (Phi) is 6.62. The SMILES string of the molecule is COc1ccc(C(=O)N[C@H]2CO[C@H]3[C@@H]2OC[C@H]3OC(=O)Nc2ccc(C(C)C)cc2)cc1. The number of hydrogen-bond acceptors (Lipinski definition) is 6. The van der Waals surface area contributed by atoms with E-state index in [9.17, 15) is 9.59 Å². The van der Waals surface area contributed by atoms with Gasteiger partial charge in [-0.2, -0.15) is 0 Å². The summed E-state index contributed by atoms with van der Waals surface area (Å²) in [4.78, 5) is 24.9. The van der Waals surface area contributed by atoms with Gasteiger partial charge in [-0.15, -0.1) is 0 Å². The van der Waals surface area contributed by atoms with E-state index in [1.54, 1.807) is 31.4 Å². The molecule has 2 N–H and O–H groups in total. The first-order chi connectivity index (χ1) is 15.4. The molecular formula is C24H28N2O6. The standard InChI is InChI=1S/C24H28N2O6/c1-14(2)15-4-8-17(9-5-15)25-24(28)32-20-13-31-21-19(12-30-22(20)21)26-23(27)16-6-10-18(29-3)11-7-16/h4-11,14,19-22H,12-13H2,1-3H3,(H,25,28)(H,26,27)/t19-,20+,21+,22+/m0/s1. The molecule has 0 aliphatic carbocycles. The quantitative estimate of drug-likeness (QED) is 0.716. The van der Waals surface area contributed by atoms with Gasteiger partial charge in [-0.3, -0.25) is 10.1 Å². The number of amides is 2. The van der Waals surface area contributed by atoms with Crippen LogP contribution in [0.15, 0.2) is 48.5 Å². The Morgan fingerprint density at radius 2 is 1.66 bits per heavy atom. The Morgan fingerprint density at radius 1 is 0.969 bits per heavy atom. The number of methoxy groups -OCH3 is 1. The van der Waals surface area contributed by atoms with Gasteiger partial charge in [0.15, 0.2) is 6.10 Å². The van der Waals surface area contributed by atoms with E-state index in [-0.39, 0.29) is 31.3 Å². The number of benzene rings is 2. The van der Waals surface area contributed by atoms with Crippen LogP contribution in [-0.2, 0) is 14.2 Å². The molecule has 4 atom stereocenters. The first kappa shape index (κ1) is 22.1. The van der Waals surface area contributed by atoms with Gasteiger partial charge in [0.05, 0.1) is 26.4 Å². The van der Waals surface area contributed by atoms with Crippen LogP contribution in [0, 0.1) is 0 Å². The third kappa shape index (κ3) is 4.87. The second kappa shape index (κ2) is 9.58. The molecule has 170 valence electrons. The van der Waals surface area contributed by atoms with Crippen molar-refractivity contribution >= 4 is 17.7 Å². The highest BCUT2D eigenvalue weighted by Gasteiger charge is 2.50. The van der Waals surface area contributed by atoms with Gasteiger partial charge in [0, 0.05) is 11.3 Å². The van der Waals surface area contributed by atoms with E-state index < -0.39 is 18.3 Å². The Labute approximate surface area is 187 Å². The number of hydrogen-bond donors (Lipinski definition) is 2. The molecule has 2 aromatic carbocycles. The predicted octanol–water partition coefficient (Wildman–Crippen LogP) is 3.33. The zero-order valence-electron chi connectivity index (χ0n) is 18.4. The maximum Gasteiger partial charge on any atom is 0.412 e. The molecule has 0 saturated carbocycles. The second-order valence-electron chi connectivity index (χ2n) is 8.25. The minimum absolute atomic E-state index is 0.212. The maximum atomic E-state index is 12.6. The lowest BCUT2D eigenvalue weighted by Gasteiger charge is -2.18. The van der Waals surface area contributed by atoms with E-state index in [1.165, 1.54) is 5.56 Å². The molecule has 0 spiro atoms. The van der Waals surface area contributed by atoms with Crippen LogP contribution in [-0.4, -0.2) is 56.7 Å². The van der Waals surface area contributed by atoms with E-state index in [0.717, 1.165) is 0 Å². The zero-order chi connectivity index (χ0) is 22.7. The summed E-state index contributed by atoms with van der Waals surface area (Å²) in [7, 11) is 1.57. The summed E-state index contributed by atoms with van der Waals surface area (Å²) in [6.45, 7) is 4.72. The Bertz CT molecular complexity index is 944. The van der Waals surface area contributed by atoms with Crippen LogP contribution < -0.4 is 15.4 Å². The van der Waals surface area contributed by atoms with Gasteiger partial charge >= 0.3 is 6.09 Å². The van der Waals surface area contributed by atoms with Gasteiger partial charge in [0.1, 0.15) is 18.0 Å². The first-order valence-electron chi connectivity index (χ1n) is 10.7. The van der Waals surface area contributed by atoms with Crippen LogP contribution in [0.1, 0.15) is 35.7 Å². The number of rotatable bonds is 6. The van der Waals surface area contributed by atoms with Gasteiger partial charge < -0.3 is 24.3 Å².